The number of hydrogen-bond donors (Lipinski definition) is 0. The molecule has 0 saturated carbocycles. The van der Waals surface area contributed by atoms with Gasteiger partial charge in [-0.05, 0) is 83.4 Å². The van der Waals surface area contributed by atoms with E-state index in [0.29, 0.717) is 16.7 Å². The number of nitrogens with zero attached hydrogens (tertiary/aromatic N) is 5. The van der Waals surface area contributed by atoms with Crippen molar-refractivity contribution in [3.63, 3.8) is 0 Å². The first kappa shape index (κ1) is 28.8. The van der Waals surface area contributed by atoms with Gasteiger partial charge < -0.3 is 9.13 Å². The van der Waals surface area contributed by atoms with Gasteiger partial charge in [-0.3, -0.25) is 0 Å². The van der Waals surface area contributed by atoms with E-state index < -0.39 is 0 Å². The Morgan fingerprint density at radius 3 is 1.46 bits per heavy atom. The van der Waals surface area contributed by atoms with Crippen LogP contribution in [0.25, 0.3) is 77.2 Å². The third-order valence-electron chi connectivity index (χ3n) is 9.64. The lowest BCUT2D eigenvalue weighted by Gasteiger charge is -2.15. The van der Waals surface area contributed by atoms with Crippen molar-refractivity contribution in [3.8, 4) is 51.8 Å². The Bertz CT molecular complexity index is 2830. The van der Waals surface area contributed by atoms with Gasteiger partial charge in [0.1, 0.15) is 6.07 Å². The van der Waals surface area contributed by atoms with E-state index in [1.54, 1.807) is 0 Å². The van der Waals surface area contributed by atoms with Crippen LogP contribution in [0.3, 0.4) is 0 Å². The lowest BCUT2D eigenvalue weighted by Crippen LogP contribution is -1.98. The molecule has 0 saturated heterocycles. The fraction of sp³-hybridized carbons (Fsp3) is 0. The lowest BCUT2D eigenvalue weighted by molar-refractivity contribution is 1.17. The monoisotopic (exact) mass is 635 g/mol. The van der Waals surface area contributed by atoms with Crippen LogP contribution in [0.2, 0.25) is 0 Å². The zero-order valence-corrected chi connectivity index (χ0v) is 26.7. The minimum absolute atomic E-state index is 0.574. The van der Waals surface area contributed by atoms with Crippen LogP contribution in [-0.2, 0) is 0 Å². The average Bonchev–Trinajstić information content (AvgIpc) is 3.69. The summed E-state index contributed by atoms with van der Waals surface area (Å²) in [5, 5.41) is 33.8. The number of nitriles is 3. The SMILES string of the molecule is N#Cc1ccc2c(c1)c1cc(C#N)ccc1n2-c1ccccc1-c1ccc(-c2ccc(-n3c4ccccc4c4ccccc43)c(C#N)c2)cc1. The Hall–Kier alpha value is -7.39. The summed E-state index contributed by atoms with van der Waals surface area (Å²) < 4.78 is 4.40. The molecular formula is C45H25N5. The molecule has 9 aromatic rings. The van der Waals surface area contributed by atoms with E-state index in [4.69, 9.17) is 0 Å². The first-order chi connectivity index (χ1) is 24.7. The standard InChI is InChI=1S/C45H25N5/c46-26-29-13-20-44-38(23-29)39-24-30(27-47)14-21-45(39)50(44)41-10-4-1-7-35(41)32-17-15-31(16-18-32)33-19-22-40(34(25-33)28-48)49-42-11-5-2-8-36(42)37-9-3-6-12-43(37)49/h1-25H. The molecule has 0 bridgehead atoms. The number of aromatic nitrogens is 2. The largest absolute Gasteiger partial charge is 0.309 e. The number of rotatable bonds is 4. The molecule has 230 valence electrons. The molecule has 2 aromatic heterocycles. The van der Waals surface area contributed by atoms with Crippen molar-refractivity contribution in [2.24, 2.45) is 0 Å². The van der Waals surface area contributed by atoms with Gasteiger partial charge in [-0.1, -0.05) is 84.9 Å². The van der Waals surface area contributed by atoms with Crippen LogP contribution >= 0.6 is 0 Å². The predicted molar refractivity (Wildman–Crippen MR) is 200 cm³/mol. The van der Waals surface area contributed by atoms with E-state index in [1.165, 1.54) is 0 Å². The van der Waals surface area contributed by atoms with Crippen molar-refractivity contribution < 1.29 is 0 Å². The number of fused-ring (bicyclic) bond motifs is 6. The summed E-state index contributed by atoms with van der Waals surface area (Å²) in [4.78, 5) is 0. The molecule has 0 fully saturated rings. The number of para-hydroxylation sites is 3. The van der Waals surface area contributed by atoms with E-state index >= 15 is 0 Å². The second-order valence-corrected chi connectivity index (χ2v) is 12.3. The Balaban J connectivity index is 1.14. The molecule has 0 atom stereocenters. The quantitative estimate of drug-likeness (QED) is 0.193. The van der Waals surface area contributed by atoms with E-state index in [0.717, 1.165) is 77.2 Å². The molecule has 0 N–H and O–H groups in total. The fourth-order valence-electron chi connectivity index (χ4n) is 7.36. The van der Waals surface area contributed by atoms with E-state index in [2.05, 4.69) is 106 Å². The van der Waals surface area contributed by atoms with Crippen LogP contribution in [0.15, 0.2) is 152 Å². The van der Waals surface area contributed by atoms with Gasteiger partial charge in [-0.15, -0.1) is 0 Å². The highest BCUT2D eigenvalue weighted by Gasteiger charge is 2.18. The summed E-state index contributed by atoms with van der Waals surface area (Å²) in [5.41, 5.74) is 11.7. The zero-order valence-electron chi connectivity index (χ0n) is 26.7. The topological polar surface area (TPSA) is 81.2 Å². The fourth-order valence-corrected chi connectivity index (χ4v) is 7.36. The molecule has 50 heavy (non-hydrogen) atoms. The van der Waals surface area contributed by atoms with E-state index in [1.807, 2.05) is 72.8 Å². The van der Waals surface area contributed by atoms with Crippen LogP contribution in [0, 0.1) is 34.0 Å². The first-order valence-electron chi connectivity index (χ1n) is 16.3. The van der Waals surface area contributed by atoms with Crippen molar-refractivity contribution in [2.45, 2.75) is 0 Å². The Morgan fingerprint density at radius 1 is 0.360 bits per heavy atom. The summed E-state index contributed by atoms with van der Waals surface area (Å²) in [7, 11) is 0. The first-order valence-corrected chi connectivity index (χ1v) is 16.3. The second kappa shape index (κ2) is 11.4. The summed E-state index contributed by atoms with van der Waals surface area (Å²) in [6.45, 7) is 0. The van der Waals surface area contributed by atoms with Gasteiger partial charge >= 0.3 is 0 Å². The Kier molecular flexibility index (Phi) is 6.56. The van der Waals surface area contributed by atoms with Crippen molar-refractivity contribution in [1.29, 1.82) is 15.8 Å². The molecule has 9 rings (SSSR count). The molecular weight excluding hydrogens is 611 g/mol. The van der Waals surface area contributed by atoms with Crippen LogP contribution in [-0.4, -0.2) is 9.13 Å². The van der Waals surface area contributed by atoms with Gasteiger partial charge in [0.2, 0.25) is 0 Å². The van der Waals surface area contributed by atoms with Gasteiger partial charge in [0.05, 0.1) is 62.3 Å². The van der Waals surface area contributed by atoms with Crippen molar-refractivity contribution in [2.75, 3.05) is 0 Å². The van der Waals surface area contributed by atoms with Crippen LogP contribution in [0.5, 0.6) is 0 Å². The van der Waals surface area contributed by atoms with Gasteiger partial charge in [-0.2, -0.15) is 15.8 Å². The summed E-state index contributed by atoms with van der Waals surface area (Å²) >= 11 is 0. The lowest BCUT2D eigenvalue weighted by atomic mass is 9.97. The molecule has 7 aromatic carbocycles. The third-order valence-corrected chi connectivity index (χ3v) is 9.64. The van der Waals surface area contributed by atoms with Crippen LogP contribution in [0.1, 0.15) is 16.7 Å². The minimum Gasteiger partial charge on any atom is -0.309 e. The van der Waals surface area contributed by atoms with Crippen molar-refractivity contribution in [3.05, 3.63) is 168 Å². The second-order valence-electron chi connectivity index (χ2n) is 12.3. The maximum Gasteiger partial charge on any atom is 0.101 e. The molecule has 0 amide bonds. The molecule has 0 radical (unpaired) electrons. The number of hydrogen-bond acceptors (Lipinski definition) is 3. The van der Waals surface area contributed by atoms with Crippen LogP contribution < -0.4 is 0 Å². The van der Waals surface area contributed by atoms with Gasteiger partial charge in [0, 0.05) is 27.1 Å². The highest BCUT2D eigenvalue weighted by Crippen LogP contribution is 2.38. The molecule has 5 heteroatoms. The zero-order chi connectivity index (χ0) is 33.8. The van der Waals surface area contributed by atoms with E-state index in [9.17, 15) is 15.8 Å². The average molecular weight is 636 g/mol. The smallest absolute Gasteiger partial charge is 0.101 e. The normalized spacial score (nSPS) is 11.1. The van der Waals surface area contributed by atoms with Gasteiger partial charge in [-0.25, -0.2) is 0 Å². The molecule has 0 spiro atoms. The third kappa shape index (κ3) is 4.38. The van der Waals surface area contributed by atoms with Crippen molar-refractivity contribution in [1.82, 2.24) is 9.13 Å². The molecule has 2 heterocycles. The summed E-state index contributed by atoms with van der Waals surface area (Å²) in [6, 6.07) is 57.9. The maximum absolute atomic E-state index is 10.4. The minimum atomic E-state index is 0.574. The molecule has 0 unspecified atom stereocenters. The van der Waals surface area contributed by atoms with Crippen LogP contribution in [0.4, 0.5) is 0 Å². The summed E-state index contributed by atoms with van der Waals surface area (Å²) in [5.74, 6) is 0. The maximum atomic E-state index is 10.4. The highest BCUT2D eigenvalue weighted by molar-refractivity contribution is 6.11. The predicted octanol–water partition coefficient (Wildman–Crippen LogP) is 10.8. The van der Waals surface area contributed by atoms with Crippen molar-refractivity contribution >= 4 is 43.6 Å². The molecule has 0 aliphatic heterocycles. The van der Waals surface area contributed by atoms with Gasteiger partial charge in [0.25, 0.3) is 0 Å². The molecule has 0 aliphatic rings. The highest BCUT2D eigenvalue weighted by atomic mass is 15.0. The molecule has 5 nitrogen and oxygen atoms in total. The molecule has 0 aliphatic carbocycles. The van der Waals surface area contributed by atoms with E-state index in [-0.39, 0.29) is 0 Å². The van der Waals surface area contributed by atoms with Gasteiger partial charge in [0.15, 0.2) is 0 Å². The number of benzene rings is 7. The Morgan fingerprint density at radius 2 is 0.860 bits per heavy atom. The summed E-state index contributed by atoms with van der Waals surface area (Å²) in [6.07, 6.45) is 0. The Labute approximate surface area is 287 Å².